The molecule has 4 nitrogen and oxygen atoms in total. The Morgan fingerprint density at radius 2 is 1.65 bits per heavy atom. The molecule has 1 fully saturated rings. The molecule has 26 heavy (non-hydrogen) atoms. The van der Waals surface area contributed by atoms with Crippen LogP contribution in [0.4, 0.5) is 5.69 Å². The molecule has 1 N–H and O–H groups in total. The van der Waals surface area contributed by atoms with Gasteiger partial charge in [-0.15, -0.1) is 0 Å². The maximum absolute atomic E-state index is 12.7. The lowest BCUT2D eigenvalue weighted by atomic mass is 10.0. The van der Waals surface area contributed by atoms with E-state index in [9.17, 15) is 4.79 Å². The SMILES string of the molecule is CCc1ccc(NC(=O)CC(c2ccccc2)N2CCN(C)CC2)cc1. The van der Waals surface area contributed by atoms with Crippen LogP contribution >= 0.6 is 0 Å². The Hall–Kier alpha value is -2.17. The predicted molar refractivity (Wildman–Crippen MR) is 107 cm³/mol. The van der Waals surface area contributed by atoms with Crippen LogP contribution < -0.4 is 5.32 Å². The summed E-state index contributed by atoms with van der Waals surface area (Å²) in [5.74, 6) is 0.0713. The van der Waals surface area contributed by atoms with Crippen molar-refractivity contribution in [1.29, 1.82) is 0 Å². The molecule has 4 heteroatoms. The van der Waals surface area contributed by atoms with Gasteiger partial charge in [-0.1, -0.05) is 49.4 Å². The molecule has 3 rings (SSSR count). The minimum Gasteiger partial charge on any atom is -0.326 e. The molecule has 1 aliphatic rings. The Balaban J connectivity index is 1.69. The highest BCUT2D eigenvalue weighted by molar-refractivity contribution is 5.91. The molecule has 1 saturated heterocycles. The van der Waals surface area contributed by atoms with Crippen molar-refractivity contribution in [3.05, 3.63) is 65.7 Å². The fourth-order valence-electron chi connectivity index (χ4n) is 3.48. The summed E-state index contributed by atoms with van der Waals surface area (Å²) in [4.78, 5) is 17.5. The maximum atomic E-state index is 12.7. The van der Waals surface area contributed by atoms with Gasteiger partial charge in [-0.3, -0.25) is 9.69 Å². The van der Waals surface area contributed by atoms with E-state index in [4.69, 9.17) is 0 Å². The van der Waals surface area contributed by atoms with E-state index in [-0.39, 0.29) is 11.9 Å². The zero-order valence-corrected chi connectivity index (χ0v) is 15.8. The zero-order valence-electron chi connectivity index (χ0n) is 15.8. The first-order chi connectivity index (χ1) is 12.7. The van der Waals surface area contributed by atoms with Gasteiger partial charge in [-0.05, 0) is 36.7 Å². The van der Waals surface area contributed by atoms with Gasteiger partial charge in [0.15, 0.2) is 0 Å². The van der Waals surface area contributed by atoms with Gasteiger partial charge < -0.3 is 10.2 Å². The Bertz CT molecular complexity index is 691. The predicted octanol–water partition coefficient (Wildman–Crippen LogP) is 3.57. The monoisotopic (exact) mass is 351 g/mol. The van der Waals surface area contributed by atoms with Crippen LogP contribution in [0.5, 0.6) is 0 Å². The Morgan fingerprint density at radius 3 is 2.27 bits per heavy atom. The molecule has 0 saturated carbocycles. The Morgan fingerprint density at radius 1 is 1.00 bits per heavy atom. The smallest absolute Gasteiger partial charge is 0.226 e. The maximum Gasteiger partial charge on any atom is 0.226 e. The third kappa shape index (κ3) is 4.93. The molecule has 0 aromatic heterocycles. The van der Waals surface area contributed by atoms with Crippen LogP contribution in [-0.2, 0) is 11.2 Å². The van der Waals surface area contributed by atoms with E-state index in [0.717, 1.165) is 38.3 Å². The van der Waals surface area contributed by atoms with Crippen LogP contribution in [0.1, 0.15) is 30.5 Å². The van der Waals surface area contributed by atoms with Crippen LogP contribution in [0.3, 0.4) is 0 Å². The van der Waals surface area contributed by atoms with Gasteiger partial charge in [0.2, 0.25) is 5.91 Å². The number of carbonyl (C=O) groups is 1. The Labute approximate surface area is 156 Å². The van der Waals surface area contributed by atoms with Crippen LogP contribution in [-0.4, -0.2) is 48.9 Å². The summed E-state index contributed by atoms with van der Waals surface area (Å²) in [5, 5.41) is 3.07. The van der Waals surface area contributed by atoms with Gasteiger partial charge in [0.1, 0.15) is 0 Å². The summed E-state index contributed by atoms with van der Waals surface area (Å²) >= 11 is 0. The summed E-state index contributed by atoms with van der Waals surface area (Å²) in [6.45, 7) is 6.21. The summed E-state index contributed by atoms with van der Waals surface area (Å²) in [5.41, 5.74) is 3.37. The third-order valence-electron chi connectivity index (χ3n) is 5.19. The van der Waals surface area contributed by atoms with Crippen molar-refractivity contribution in [2.45, 2.75) is 25.8 Å². The van der Waals surface area contributed by atoms with Crippen molar-refractivity contribution in [3.63, 3.8) is 0 Å². The molecule has 0 aliphatic carbocycles. The molecule has 2 aromatic carbocycles. The Kier molecular flexibility index (Phi) is 6.42. The summed E-state index contributed by atoms with van der Waals surface area (Å²) in [7, 11) is 2.15. The molecule has 0 bridgehead atoms. The number of anilines is 1. The first kappa shape index (κ1) is 18.6. The number of nitrogens with one attached hydrogen (secondary N) is 1. The van der Waals surface area contributed by atoms with Crippen LogP contribution in [0.2, 0.25) is 0 Å². The fraction of sp³-hybridized carbons (Fsp3) is 0.409. The van der Waals surface area contributed by atoms with E-state index >= 15 is 0 Å². The summed E-state index contributed by atoms with van der Waals surface area (Å²) < 4.78 is 0. The molecule has 1 heterocycles. The van der Waals surface area contributed by atoms with Crippen molar-refractivity contribution in [1.82, 2.24) is 9.80 Å². The number of piperazine rings is 1. The van der Waals surface area contributed by atoms with Gasteiger partial charge in [-0.2, -0.15) is 0 Å². The molecule has 138 valence electrons. The van der Waals surface area contributed by atoms with E-state index < -0.39 is 0 Å². The average Bonchev–Trinajstić information content (AvgIpc) is 2.68. The van der Waals surface area contributed by atoms with E-state index in [1.807, 2.05) is 18.2 Å². The second-order valence-corrected chi connectivity index (χ2v) is 7.07. The van der Waals surface area contributed by atoms with Gasteiger partial charge in [0.05, 0.1) is 0 Å². The van der Waals surface area contributed by atoms with Crippen molar-refractivity contribution in [3.8, 4) is 0 Å². The van der Waals surface area contributed by atoms with Gasteiger partial charge in [0, 0.05) is 44.3 Å². The molecule has 1 amide bonds. The lowest BCUT2D eigenvalue weighted by Crippen LogP contribution is -2.46. The average molecular weight is 351 g/mol. The highest BCUT2D eigenvalue weighted by Crippen LogP contribution is 2.26. The molecule has 1 atom stereocenters. The fourth-order valence-corrected chi connectivity index (χ4v) is 3.48. The second-order valence-electron chi connectivity index (χ2n) is 7.07. The van der Waals surface area contributed by atoms with Crippen LogP contribution in [0, 0.1) is 0 Å². The molecular formula is C22H29N3O. The topological polar surface area (TPSA) is 35.6 Å². The molecule has 0 radical (unpaired) electrons. The van der Waals surface area contributed by atoms with E-state index in [1.165, 1.54) is 11.1 Å². The number of hydrogen-bond donors (Lipinski definition) is 1. The van der Waals surface area contributed by atoms with Crippen LogP contribution in [0.15, 0.2) is 54.6 Å². The second kappa shape index (κ2) is 8.97. The zero-order chi connectivity index (χ0) is 18.4. The highest BCUT2D eigenvalue weighted by atomic mass is 16.1. The molecule has 0 spiro atoms. The van der Waals surface area contributed by atoms with Crippen molar-refractivity contribution < 1.29 is 4.79 Å². The standard InChI is InChI=1S/C22H29N3O/c1-3-18-9-11-20(12-10-18)23-22(26)17-21(19-7-5-4-6-8-19)25-15-13-24(2)14-16-25/h4-12,21H,3,13-17H2,1-2H3,(H,23,26). The van der Waals surface area contributed by atoms with Gasteiger partial charge in [0.25, 0.3) is 0 Å². The van der Waals surface area contributed by atoms with Crippen molar-refractivity contribution >= 4 is 11.6 Å². The largest absolute Gasteiger partial charge is 0.326 e. The molecule has 2 aromatic rings. The minimum atomic E-state index is 0.0713. The number of hydrogen-bond acceptors (Lipinski definition) is 3. The summed E-state index contributed by atoms with van der Waals surface area (Å²) in [6, 6.07) is 18.7. The van der Waals surface area contributed by atoms with Crippen molar-refractivity contribution in [2.75, 3.05) is 38.5 Å². The molecule has 1 aliphatic heterocycles. The van der Waals surface area contributed by atoms with Crippen LogP contribution in [0.25, 0.3) is 0 Å². The number of aryl methyl sites for hydroxylation is 1. The number of carbonyl (C=O) groups excluding carboxylic acids is 1. The van der Waals surface area contributed by atoms with E-state index in [1.54, 1.807) is 0 Å². The third-order valence-corrected chi connectivity index (χ3v) is 5.19. The van der Waals surface area contributed by atoms with Gasteiger partial charge in [-0.25, -0.2) is 0 Å². The minimum absolute atomic E-state index is 0.0713. The number of rotatable bonds is 6. The number of benzene rings is 2. The lowest BCUT2D eigenvalue weighted by Gasteiger charge is -2.38. The van der Waals surface area contributed by atoms with Crippen molar-refractivity contribution in [2.24, 2.45) is 0 Å². The highest BCUT2D eigenvalue weighted by Gasteiger charge is 2.26. The first-order valence-corrected chi connectivity index (χ1v) is 9.52. The molecule has 1 unspecified atom stereocenters. The van der Waals surface area contributed by atoms with E-state index in [0.29, 0.717) is 6.42 Å². The van der Waals surface area contributed by atoms with E-state index in [2.05, 4.69) is 65.5 Å². The number of likely N-dealkylation sites (N-methyl/N-ethyl adjacent to an activating group) is 1. The quantitative estimate of drug-likeness (QED) is 0.864. The summed E-state index contributed by atoms with van der Waals surface area (Å²) in [6.07, 6.45) is 1.48. The first-order valence-electron chi connectivity index (χ1n) is 9.52. The lowest BCUT2D eigenvalue weighted by molar-refractivity contribution is -0.117. The number of amides is 1. The normalized spacial score (nSPS) is 17.0. The number of nitrogens with zero attached hydrogens (tertiary/aromatic N) is 2. The van der Waals surface area contributed by atoms with Gasteiger partial charge >= 0.3 is 0 Å². The molecular weight excluding hydrogens is 322 g/mol.